The number of rotatable bonds is 9. The first-order chi connectivity index (χ1) is 15.4. The minimum absolute atomic E-state index is 0.0391. The lowest BCUT2D eigenvalue weighted by molar-refractivity contribution is -0.140. The van der Waals surface area contributed by atoms with E-state index < -0.39 is 17.7 Å². The Morgan fingerprint density at radius 3 is 2.41 bits per heavy atom. The normalized spacial score (nSPS) is 17.8. The van der Waals surface area contributed by atoms with Gasteiger partial charge in [-0.1, -0.05) is 50.2 Å². The van der Waals surface area contributed by atoms with E-state index in [0.29, 0.717) is 35.2 Å². The first-order valence-corrected chi connectivity index (χ1v) is 10.5. The Labute approximate surface area is 188 Å². The van der Waals surface area contributed by atoms with E-state index in [1.54, 1.807) is 49.6 Å². The van der Waals surface area contributed by atoms with Crippen LogP contribution in [0.3, 0.4) is 0 Å². The van der Waals surface area contributed by atoms with Crippen molar-refractivity contribution in [1.29, 1.82) is 0 Å². The van der Waals surface area contributed by atoms with Gasteiger partial charge in [0.05, 0.1) is 31.9 Å². The van der Waals surface area contributed by atoms with Gasteiger partial charge in [-0.15, -0.1) is 0 Å². The second-order valence-electron chi connectivity index (χ2n) is 7.97. The van der Waals surface area contributed by atoms with Gasteiger partial charge in [0.2, 0.25) is 0 Å². The summed E-state index contributed by atoms with van der Waals surface area (Å²) in [5.41, 5.74) is 1.14. The third kappa shape index (κ3) is 4.78. The van der Waals surface area contributed by atoms with E-state index in [1.807, 2.05) is 19.9 Å². The smallest absolute Gasteiger partial charge is 0.295 e. The molecule has 1 fully saturated rings. The molecule has 1 aliphatic heterocycles. The zero-order valence-electron chi connectivity index (χ0n) is 18.8. The SMILES string of the molecule is COCCN1C(=O)C(=O)/C(=C(\O)c2ccccc2)C1c1ccc(OC)c(OCC(C)C)c1. The highest BCUT2D eigenvalue weighted by atomic mass is 16.5. The van der Waals surface area contributed by atoms with Gasteiger partial charge in [0.15, 0.2) is 11.5 Å². The second kappa shape index (κ2) is 10.3. The van der Waals surface area contributed by atoms with E-state index in [0.717, 1.165) is 0 Å². The second-order valence-corrected chi connectivity index (χ2v) is 7.97. The number of aliphatic hydroxyl groups excluding tert-OH is 1. The Morgan fingerprint density at radius 2 is 1.78 bits per heavy atom. The molecule has 2 aromatic rings. The largest absolute Gasteiger partial charge is 0.507 e. The number of ether oxygens (including phenoxy) is 3. The van der Waals surface area contributed by atoms with E-state index in [-0.39, 0.29) is 24.5 Å². The number of hydrogen-bond donors (Lipinski definition) is 1. The molecule has 2 aromatic carbocycles. The van der Waals surface area contributed by atoms with Gasteiger partial charge in [0.1, 0.15) is 5.76 Å². The zero-order chi connectivity index (χ0) is 23.3. The fourth-order valence-electron chi connectivity index (χ4n) is 3.63. The summed E-state index contributed by atoms with van der Waals surface area (Å²) in [7, 11) is 3.08. The molecule has 3 rings (SSSR count). The Kier molecular flexibility index (Phi) is 7.53. The van der Waals surface area contributed by atoms with Gasteiger partial charge in [-0.05, 0) is 23.6 Å². The third-order valence-corrected chi connectivity index (χ3v) is 5.20. The molecule has 1 N–H and O–H groups in total. The first kappa shape index (κ1) is 23.3. The molecule has 1 aliphatic rings. The van der Waals surface area contributed by atoms with Gasteiger partial charge in [0, 0.05) is 19.2 Å². The predicted octanol–water partition coefficient (Wildman–Crippen LogP) is 3.80. The number of amides is 1. The van der Waals surface area contributed by atoms with Crippen LogP contribution in [0.4, 0.5) is 0 Å². The fraction of sp³-hybridized carbons (Fsp3) is 0.360. The number of carbonyl (C=O) groups is 2. The number of Topliss-reactive ketones (excluding diaryl/α,β-unsaturated/α-hetero) is 1. The van der Waals surface area contributed by atoms with Crippen molar-refractivity contribution in [3.63, 3.8) is 0 Å². The first-order valence-electron chi connectivity index (χ1n) is 10.5. The van der Waals surface area contributed by atoms with E-state index in [1.165, 1.54) is 12.0 Å². The molecule has 1 atom stereocenters. The van der Waals surface area contributed by atoms with Crippen LogP contribution in [-0.4, -0.2) is 55.7 Å². The summed E-state index contributed by atoms with van der Waals surface area (Å²) in [6.45, 7) is 5.01. The molecule has 1 saturated heterocycles. The molecular weight excluding hydrogens is 410 g/mol. The Hall–Kier alpha value is -3.32. The third-order valence-electron chi connectivity index (χ3n) is 5.20. The van der Waals surface area contributed by atoms with Crippen LogP contribution in [-0.2, 0) is 14.3 Å². The highest BCUT2D eigenvalue weighted by Crippen LogP contribution is 2.41. The van der Waals surface area contributed by atoms with Crippen LogP contribution >= 0.6 is 0 Å². The van der Waals surface area contributed by atoms with Crippen molar-refractivity contribution in [2.45, 2.75) is 19.9 Å². The van der Waals surface area contributed by atoms with Gasteiger partial charge in [-0.3, -0.25) is 9.59 Å². The van der Waals surface area contributed by atoms with Crippen LogP contribution in [0, 0.1) is 5.92 Å². The molecule has 0 aromatic heterocycles. The quantitative estimate of drug-likeness (QED) is 0.363. The molecular formula is C25H29NO6. The average molecular weight is 440 g/mol. The lowest BCUT2D eigenvalue weighted by Gasteiger charge is -2.26. The number of methoxy groups -OCH3 is 2. The van der Waals surface area contributed by atoms with Crippen molar-refractivity contribution >= 4 is 17.4 Å². The van der Waals surface area contributed by atoms with Gasteiger partial charge >= 0.3 is 0 Å². The number of aliphatic hydroxyl groups is 1. The highest BCUT2D eigenvalue weighted by molar-refractivity contribution is 6.46. The Balaban J connectivity index is 2.14. The number of carbonyl (C=O) groups excluding carboxylic acids is 2. The highest BCUT2D eigenvalue weighted by Gasteiger charge is 2.46. The molecule has 0 radical (unpaired) electrons. The molecule has 0 spiro atoms. The molecule has 1 amide bonds. The lowest BCUT2D eigenvalue weighted by Crippen LogP contribution is -2.32. The van der Waals surface area contributed by atoms with Crippen molar-refractivity contribution in [2.75, 3.05) is 34.0 Å². The maximum atomic E-state index is 13.0. The van der Waals surface area contributed by atoms with Crippen molar-refractivity contribution in [2.24, 2.45) is 5.92 Å². The molecule has 0 aliphatic carbocycles. The fourth-order valence-corrected chi connectivity index (χ4v) is 3.63. The summed E-state index contributed by atoms with van der Waals surface area (Å²) >= 11 is 0. The minimum Gasteiger partial charge on any atom is -0.507 e. The van der Waals surface area contributed by atoms with Crippen molar-refractivity contribution in [3.8, 4) is 11.5 Å². The van der Waals surface area contributed by atoms with E-state index in [4.69, 9.17) is 14.2 Å². The van der Waals surface area contributed by atoms with Crippen LogP contribution in [0.15, 0.2) is 54.1 Å². The summed E-state index contributed by atoms with van der Waals surface area (Å²) in [6, 6.07) is 13.2. The predicted molar refractivity (Wildman–Crippen MR) is 121 cm³/mol. The van der Waals surface area contributed by atoms with Gasteiger partial charge in [-0.2, -0.15) is 0 Å². The monoisotopic (exact) mass is 439 g/mol. The average Bonchev–Trinajstić information content (AvgIpc) is 3.06. The maximum Gasteiger partial charge on any atom is 0.295 e. The number of benzene rings is 2. The number of nitrogens with zero attached hydrogens (tertiary/aromatic N) is 1. The Bertz CT molecular complexity index is 999. The Morgan fingerprint density at radius 1 is 1.06 bits per heavy atom. The summed E-state index contributed by atoms with van der Waals surface area (Å²) < 4.78 is 16.5. The summed E-state index contributed by atoms with van der Waals surface area (Å²) in [4.78, 5) is 27.3. The van der Waals surface area contributed by atoms with Crippen LogP contribution in [0.25, 0.3) is 5.76 Å². The molecule has 1 heterocycles. The van der Waals surface area contributed by atoms with Gasteiger partial charge in [0.25, 0.3) is 11.7 Å². The molecule has 7 nitrogen and oxygen atoms in total. The summed E-state index contributed by atoms with van der Waals surface area (Å²) in [5, 5.41) is 11.0. The molecule has 0 saturated carbocycles. The summed E-state index contributed by atoms with van der Waals surface area (Å²) in [6.07, 6.45) is 0. The van der Waals surface area contributed by atoms with Crippen LogP contribution < -0.4 is 9.47 Å². The number of hydrogen-bond acceptors (Lipinski definition) is 6. The van der Waals surface area contributed by atoms with E-state index in [2.05, 4.69) is 0 Å². The topological polar surface area (TPSA) is 85.3 Å². The maximum absolute atomic E-state index is 13.0. The van der Waals surface area contributed by atoms with Gasteiger partial charge in [-0.25, -0.2) is 0 Å². The number of likely N-dealkylation sites (tertiary alicyclic amines) is 1. The van der Waals surface area contributed by atoms with Crippen LogP contribution in [0.5, 0.6) is 11.5 Å². The zero-order valence-corrected chi connectivity index (χ0v) is 18.8. The minimum atomic E-state index is -0.780. The molecule has 170 valence electrons. The standard InChI is InChI=1S/C25H29NO6/c1-16(2)15-32-20-14-18(10-11-19(20)31-4)22-21(23(27)17-8-6-5-7-9-17)24(28)25(29)26(22)12-13-30-3/h5-11,14,16,22,27H,12-13,15H2,1-4H3/b23-21-. The van der Waals surface area contributed by atoms with Gasteiger partial charge < -0.3 is 24.2 Å². The van der Waals surface area contributed by atoms with Crippen LogP contribution in [0.1, 0.15) is 31.0 Å². The van der Waals surface area contributed by atoms with Crippen LogP contribution in [0.2, 0.25) is 0 Å². The molecule has 7 heteroatoms. The lowest BCUT2D eigenvalue weighted by atomic mass is 9.95. The molecule has 32 heavy (non-hydrogen) atoms. The summed E-state index contributed by atoms with van der Waals surface area (Å²) in [5.74, 6) is -0.261. The van der Waals surface area contributed by atoms with Crippen molar-refractivity contribution < 1.29 is 28.9 Å². The van der Waals surface area contributed by atoms with Crippen molar-refractivity contribution in [3.05, 3.63) is 65.2 Å². The van der Waals surface area contributed by atoms with E-state index in [9.17, 15) is 14.7 Å². The molecule has 0 bridgehead atoms. The van der Waals surface area contributed by atoms with E-state index >= 15 is 0 Å². The number of ketones is 1. The van der Waals surface area contributed by atoms with Crippen molar-refractivity contribution in [1.82, 2.24) is 4.90 Å². The molecule has 1 unspecified atom stereocenters.